The summed E-state index contributed by atoms with van der Waals surface area (Å²) < 4.78 is 3.32. The molecule has 0 aliphatic rings. The van der Waals surface area contributed by atoms with Crippen LogP contribution in [0, 0.1) is 6.92 Å². The minimum atomic E-state index is -0.141. The summed E-state index contributed by atoms with van der Waals surface area (Å²) in [7, 11) is 0. The van der Waals surface area contributed by atoms with E-state index in [4.69, 9.17) is 0 Å². The van der Waals surface area contributed by atoms with E-state index in [1.807, 2.05) is 50.2 Å². The molecule has 0 bridgehead atoms. The highest BCUT2D eigenvalue weighted by Crippen LogP contribution is 2.13. The minimum absolute atomic E-state index is 0.00158. The molecule has 0 saturated carbocycles. The van der Waals surface area contributed by atoms with Gasteiger partial charge in [0.05, 0.1) is 11.0 Å². The third kappa shape index (κ3) is 4.13. The Morgan fingerprint density at radius 3 is 2.33 bits per heavy atom. The molecule has 1 amide bonds. The predicted octanol–water partition coefficient (Wildman–Crippen LogP) is 3.27. The van der Waals surface area contributed by atoms with Gasteiger partial charge in [0.15, 0.2) is 0 Å². The monoisotopic (exact) mass is 365 g/mol. The van der Waals surface area contributed by atoms with Gasteiger partial charge in [0.25, 0.3) is 0 Å². The topological polar surface area (TPSA) is 56.0 Å². The van der Waals surface area contributed by atoms with Crippen molar-refractivity contribution in [1.29, 1.82) is 0 Å². The van der Waals surface area contributed by atoms with Gasteiger partial charge >= 0.3 is 5.69 Å². The molecule has 2 aromatic carbocycles. The lowest BCUT2D eigenvalue weighted by molar-refractivity contribution is -0.122. The molecule has 0 aliphatic heterocycles. The van der Waals surface area contributed by atoms with Crippen molar-refractivity contribution in [3.05, 3.63) is 70.1 Å². The van der Waals surface area contributed by atoms with E-state index in [-0.39, 0.29) is 24.2 Å². The van der Waals surface area contributed by atoms with Crippen molar-refractivity contribution in [2.24, 2.45) is 0 Å². The molecule has 142 valence electrons. The number of para-hydroxylation sites is 2. The maximum Gasteiger partial charge on any atom is 0.329 e. The van der Waals surface area contributed by atoms with Gasteiger partial charge in [-0.3, -0.25) is 13.9 Å². The predicted molar refractivity (Wildman–Crippen MR) is 109 cm³/mol. The average molecular weight is 365 g/mol. The number of hydrogen-bond acceptors (Lipinski definition) is 2. The van der Waals surface area contributed by atoms with Gasteiger partial charge in [0, 0.05) is 12.6 Å². The summed E-state index contributed by atoms with van der Waals surface area (Å²) in [6, 6.07) is 15.8. The third-order valence-electron chi connectivity index (χ3n) is 4.87. The smallest absolute Gasteiger partial charge is 0.329 e. The van der Waals surface area contributed by atoms with Gasteiger partial charge in [-0.1, -0.05) is 43.3 Å². The Bertz CT molecular complexity index is 1000. The molecule has 0 aliphatic carbocycles. The number of carbonyl (C=O) groups is 1. The fourth-order valence-corrected chi connectivity index (χ4v) is 3.55. The molecule has 3 rings (SSSR count). The number of imidazole rings is 1. The molecule has 5 heteroatoms. The maximum absolute atomic E-state index is 12.8. The van der Waals surface area contributed by atoms with E-state index in [1.54, 1.807) is 9.13 Å². The molecule has 0 radical (unpaired) electrons. The number of benzene rings is 2. The number of aromatic nitrogens is 2. The Morgan fingerprint density at radius 1 is 1.04 bits per heavy atom. The fourth-order valence-electron chi connectivity index (χ4n) is 3.55. The van der Waals surface area contributed by atoms with Crippen molar-refractivity contribution >= 4 is 16.9 Å². The first-order valence-corrected chi connectivity index (χ1v) is 9.53. The average Bonchev–Trinajstić information content (AvgIpc) is 2.90. The molecule has 0 spiro atoms. The summed E-state index contributed by atoms with van der Waals surface area (Å²) in [6.45, 7) is 6.80. The lowest BCUT2D eigenvalue weighted by Gasteiger charge is -2.15. The molecule has 27 heavy (non-hydrogen) atoms. The number of nitrogens with zero attached hydrogens (tertiary/aromatic N) is 2. The van der Waals surface area contributed by atoms with Crippen LogP contribution < -0.4 is 11.0 Å². The fraction of sp³-hybridized carbons (Fsp3) is 0.364. The maximum atomic E-state index is 12.8. The standard InChI is InChI=1S/C22H27N3O2/c1-4-13-24-19-11-7-8-12-20(19)25(22(24)27)15-21(26)23-17(3)14-18-10-6-5-9-16(18)2/h5-12,17H,4,13-15H2,1-3H3,(H,23,26). The summed E-state index contributed by atoms with van der Waals surface area (Å²) in [5.74, 6) is -0.141. The zero-order valence-electron chi connectivity index (χ0n) is 16.2. The second-order valence-corrected chi connectivity index (χ2v) is 7.11. The van der Waals surface area contributed by atoms with Gasteiger partial charge in [-0.15, -0.1) is 0 Å². The van der Waals surface area contributed by atoms with Gasteiger partial charge in [0.2, 0.25) is 5.91 Å². The minimum Gasteiger partial charge on any atom is -0.352 e. The first-order chi connectivity index (χ1) is 13.0. The van der Waals surface area contributed by atoms with Gasteiger partial charge in [0.1, 0.15) is 6.54 Å². The Morgan fingerprint density at radius 2 is 1.67 bits per heavy atom. The summed E-state index contributed by atoms with van der Waals surface area (Å²) in [4.78, 5) is 25.4. The summed E-state index contributed by atoms with van der Waals surface area (Å²) in [6.07, 6.45) is 1.64. The van der Waals surface area contributed by atoms with Gasteiger partial charge in [-0.25, -0.2) is 4.79 Å². The molecule has 0 saturated heterocycles. The van der Waals surface area contributed by atoms with Crippen LogP contribution in [0.1, 0.15) is 31.4 Å². The van der Waals surface area contributed by atoms with Crippen LogP contribution in [-0.4, -0.2) is 21.1 Å². The zero-order valence-corrected chi connectivity index (χ0v) is 16.2. The van der Waals surface area contributed by atoms with E-state index in [2.05, 4.69) is 24.4 Å². The molecule has 1 heterocycles. The SMILES string of the molecule is CCCn1c(=O)n(CC(=O)NC(C)Cc2ccccc2C)c2ccccc21. The normalized spacial score (nSPS) is 12.3. The quantitative estimate of drug-likeness (QED) is 0.699. The number of aryl methyl sites for hydroxylation is 2. The van der Waals surface area contributed by atoms with E-state index in [0.29, 0.717) is 6.54 Å². The summed E-state index contributed by atoms with van der Waals surface area (Å²) >= 11 is 0. The largest absolute Gasteiger partial charge is 0.352 e. The highest BCUT2D eigenvalue weighted by Gasteiger charge is 2.16. The van der Waals surface area contributed by atoms with Crippen LogP contribution in [0.5, 0.6) is 0 Å². The van der Waals surface area contributed by atoms with Crippen LogP contribution in [0.25, 0.3) is 11.0 Å². The highest BCUT2D eigenvalue weighted by atomic mass is 16.2. The first-order valence-electron chi connectivity index (χ1n) is 9.53. The lowest BCUT2D eigenvalue weighted by Crippen LogP contribution is -2.38. The Hall–Kier alpha value is -2.82. The molecule has 5 nitrogen and oxygen atoms in total. The van der Waals surface area contributed by atoms with Crippen molar-refractivity contribution in [2.45, 2.75) is 52.7 Å². The first kappa shape index (κ1) is 19.0. The Balaban J connectivity index is 1.75. The van der Waals surface area contributed by atoms with Crippen LogP contribution >= 0.6 is 0 Å². The number of fused-ring (bicyclic) bond motifs is 1. The molecule has 0 fully saturated rings. The molecule has 1 atom stereocenters. The van der Waals surface area contributed by atoms with Crippen molar-refractivity contribution in [2.75, 3.05) is 0 Å². The molecular formula is C22H27N3O2. The second kappa shape index (κ2) is 8.25. The number of rotatable bonds is 7. The lowest BCUT2D eigenvalue weighted by atomic mass is 10.0. The van der Waals surface area contributed by atoms with Gasteiger partial charge in [-0.05, 0) is 49.9 Å². The third-order valence-corrected chi connectivity index (χ3v) is 4.87. The van der Waals surface area contributed by atoms with Gasteiger partial charge < -0.3 is 5.32 Å². The van der Waals surface area contributed by atoms with Crippen molar-refractivity contribution in [3.63, 3.8) is 0 Å². The van der Waals surface area contributed by atoms with E-state index >= 15 is 0 Å². The number of amides is 1. The zero-order chi connectivity index (χ0) is 19.4. The van der Waals surface area contributed by atoms with Gasteiger partial charge in [-0.2, -0.15) is 0 Å². The van der Waals surface area contributed by atoms with E-state index in [1.165, 1.54) is 11.1 Å². The molecule has 3 aromatic rings. The summed E-state index contributed by atoms with van der Waals surface area (Å²) in [5.41, 5.74) is 4.00. The molecule has 1 aromatic heterocycles. The van der Waals surface area contributed by atoms with Crippen molar-refractivity contribution in [3.8, 4) is 0 Å². The van der Waals surface area contributed by atoms with E-state index in [0.717, 1.165) is 23.9 Å². The van der Waals surface area contributed by atoms with E-state index < -0.39 is 0 Å². The number of nitrogens with one attached hydrogen (secondary N) is 1. The van der Waals surface area contributed by atoms with Crippen molar-refractivity contribution in [1.82, 2.24) is 14.5 Å². The van der Waals surface area contributed by atoms with E-state index in [9.17, 15) is 9.59 Å². The molecule has 1 N–H and O–H groups in total. The second-order valence-electron chi connectivity index (χ2n) is 7.11. The Labute approximate surface area is 159 Å². The van der Waals surface area contributed by atoms with Crippen LogP contribution in [-0.2, 0) is 24.3 Å². The summed E-state index contributed by atoms with van der Waals surface area (Å²) in [5, 5.41) is 3.03. The van der Waals surface area contributed by atoms with Crippen LogP contribution in [0.4, 0.5) is 0 Å². The van der Waals surface area contributed by atoms with Crippen molar-refractivity contribution < 1.29 is 4.79 Å². The van der Waals surface area contributed by atoms with Crippen LogP contribution in [0.15, 0.2) is 53.3 Å². The highest BCUT2D eigenvalue weighted by molar-refractivity contribution is 5.81. The Kier molecular flexibility index (Phi) is 5.79. The number of hydrogen-bond donors (Lipinski definition) is 1. The van der Waals surface area contributed by atoms with Crippen LogP contribution in [0.3, 0.4) is 0 Å². The molecular weight excluding hydrogens is 338 g/mol. The molecule has 1 unspecified atom stereocenters. The number of carbonyl (C=O) groups excluding carboxylic acids is 1. The van der Waals surface area contributed by atoms with Crippen LogP contribution in [0.2, 0.25) is 0 Å².